The van der Waals surface area contributed by atoms with E-state index in [-0.39, 0.29) is 6.10 Å². The molecule has 2 aromatic rings. The highest BCUT2D eigenvalue weighted by Gasteiger charge is 2.20. The number of benzene rings is 2. The number of hydrogen-bond acceptors (Lipinski definition) is 5. The SMILES string of the molecule is COc1cccc(N2CCN(CC(O)COC(C)Cc3ccccc3)CC2)c1. The molecule has 3 rings (SSSR count). The zero-order valence-electron chi connectivity index (χ0n) is 17.0. The second-order valence-corrected chi connectivity index (χ2v) is 7.48. The van der Waals surface area contributed by atoms with Gasteiger partial charge in [-0.25, -0.2) is 0 Å². The fourth-order valence-electron chi connectivity index (χ4n) is 3.63. The summed E-state index contributed by atoms with van der Waals surface area (Å²) in [6.07, 6.45) is 0.510. The lowest BCUT2D eigenvalue weighted by atomic mass is 10.1. The minimum Gasteiger partial charge on any atom is -0.497 e. The van der Waals surface area contributed by atoms with E-state index in [0.717, 1.165) is 38.3 Å². The third-order valence-corrected chi connectivity index (χ3v) is 5.20. The lowest BCUT2D eigenvalue weighted by Crippen LogP contribution is -2.49. The van der Waals surface area contributed by atoms with Crippen molar-refractivity contribution < 1.29 is 14.6 Å². The second kappa shape index (κ2) is 10.5. The summed E-state index contributed by atoms with van der Waals surface area (Å²) < 4.78 is 11.2. The minimum absolute atomic E-state index is 0.0990. The Hall–Kier alpha value is -2.08. The maximum absolute atomic E-state index is 10.4. The predicted molar refractivity (Wildman–Crippen MR) is 113 cm³/mol. The molecule has 152 valence electrons. The molecule has 0 amide bonds. The van der Waals surface area contributed by atoms with Crippen LogP contribution in [0.15, 0.2) is 54.6 Å². The molecule has 2 atom stereocenters. The molecule has 0 saturated carbocycles. The number of piperazine rings is 1. The van der Waals surface area contributed by atoms with Gasteiger partial charge < -0.3 is 19.5 Å². The van der Waals surface area contributed by atoms with Crippen molar-refractivity contribution in [2.75, 3.05) is 51.3 Å². The highest BCUT2D eigenvalue weighted by Crippen LogP contribution is 2.22. The molecule has 0 aliphatic carbocycles. The van der Waals surface area contributed by atoms with Gasteiger partial charge in [-0.15, -0.1) is 0 Å². The molecule has 1 aliphatic heterocycles. The molecule has 28 heavy (non-hydrogen) atoms. The Morgan fingerprint density at radius 3 is 2.46 bits per heavy atom. The van der Waals surface area contributed by atoms with Crippen LogP contribution in [0, 0.1) is 0 Å². The van der Waals surface area contributed by atoms with E-state index in [1.807, 2.05) is 30.3 Å². The molecule has 5 nitrogen and oxygen atoms in total. The fraction of sp³-hybridized carbons (Fsp3) is 0.478. The largest absolute Gasteiger partial charge is 0.497 e. The van der Waals surface area contributed by atoms with Gasteiger partial charge in [0.05, 0.1) is 25.9 Å². The lowest BCUT2D eigenvalue weighted by Gasteiger charge is -2.37. The Labute approximate surface area is 168 Å². The van der Waals surface area contributed by atoms with Crippen molar-refractivity contribution in [3.8, 4) is 5.75 Å². The number of hydrogen-bond donors (Lipinski definition) is 1. The number of methoxy groups -OCH3 is 1. The van der Waals surface area contributed by atoms with Crippen LogP contribution in [0.5, 0.6) is 5.75 Å². The molecule has 1 saturated heterocycles. The molecule has 1 heterocycles. The molecule has 1 aliphatic rings. The van der Waals surface area contributed by atoms with Gasteiger partial charge >= 0.3 is 0 Å². The summed E-state index contributed by atoms with van der Waals surface area (Å²) in [6, 6.07) is 18.5. The third kappa shape index (κ3) is 6.23. The summed E-state index contributed by atoms with van der Waals surface area (Å²) in [5, 5.41) is 10.4. The average Bonchev–Trinajstić information content (AvgIpc) is 2.73. The smallest absolute Gasteiger partial charge is 0.120 e. The van der Waals surface area contributed by atoms with Crippen molar-refractivity contribution >= 4 is 5.69 Å². The average molecular weight is 385 g/mol. The van der Waals surface area contributed by atoms with E-state index in [2.05, 4.69) is 41.0 Å². The van der Waals surface area contributed by atoms with Gasteiger partial charge in [0.2, 0.25) is 0 Å². The molecule has 0 aromatic heterocycles. The first kappa shape index (κ1) is 20.6. The van der Waals surface area contributed by atoms with E-state index in [4.69, 9.17) is 9.47 Å². The molecule has 1 N–H and O–H groups in total. The fourth-order valence-corrected chi connectivity index (χ4v) is 3.63. The molecule has 5 heteroatoms. The van der Waals surface area contributed by atoms with E-state index >= 15 is 0 Å². The number of aliphatic hydroxyl groups excluding tert-OH is 1. The molecule has 0 spiro atoms. The van der Waals surface area contributed by atoms with E-state index in [0.29, 0.717) is 13.2 Å². The zero-order chi connectivity index (χ0) is 19.8. The van der Waals surface area contributed by atoms with Crippen LogP contribution < -0.4 is 9.64 Å². The van der Waals surface area contributed by atoms with Crippen molar-refractivity contribution in [1.29, 1.82) is 0 Å². The summed E-state index contributed by atoms with van der Waals surface area (Å²) in [6.45, 7) is 6.87. The van der Waals surface area contributed by atoms with Crippen molar-refractivity contribution in [2.45, 2.75) is 25.6 Å². The predicted octanol–water partition coefficient (Wildman–Crippen LogP) is 2.83. The topological polar surface area (TPSA) is 45.2 Å². The number of anilines is 1. The second-order valence-electron chi connectivity index (χ2n) is 7.48. The normalized spacial score (nSPS) is 17.3. The highest BCUT2D eigenvalue weighted by molar-refractivity contribution is 5.51. The Morgan fingerprint density at radius 2 is 1.75 bits per heavy atom. The summed E-state index contributed by atoms with van der Waals surface area (Å²) in [4.78, 5) is 4.68. The summed E-state index contributed by atoms with van der Waals surface area (Å²) in [5.74, 6) is 0.886. The number of ether oxygens (including phenoxy) is 2. The van der Waals surface area contributed by atoms with E-state index in [9.17, 15) is 5.11 Å². The van der Waals surface area contributed by atoms with E-state index < -0.39 is 6.10 Å². The number of aliphatic hydroxyl groups is 1. The van der Waals surface area contributed by atoms with Gasteiger partial charge in [-0.1, -0.05) is 36.4 Å². The third-order valence-electron chi connectivity index (χ3n) is 5.20. The van der Waals surface area contributed by atoms with Crippen molar-refractivity contribution in [2.24, 2.45) is 0 Å². The lowest BCUT2D eigenvalue weighted by molar-refractivity contribution is -0.0148. The Kier molecular flexibility index (Phi) is 7.71. The van der Waals surface area contributed by atoms with Crippen molar-refractivity contribution in [3.63, 3.8) is 0 Å². The molecule has 0 bridgehead atoms. The van der Waals surface area contributed by atoms with Gasteiger partial charge in [0, 0.05) is 44.5 Å². The van der Waals surface area contributed by atoms with Gasteiger partial charge in [-0.05, 0) is 31.0 Å². The van der Waals surface area contributed by atoms with E-state index in [1.54, 1.807) is 7.11 Å². The van der Waals surface area contributed by atoms with Crippen LogP contribution in [0.2, 0.25) is 0 Å². The molecule has 2 unspecified atom stereocenters. The Bertz CT molecular complexity index is 702. The summed E-state index contributed by atoms with van der Waals surface area (Å²) >= 11 is 0. The maximum Gasteiger partial charge on any atom is 0.120 e. The summed E-state index contributed by atoms with van der Waals surface area (Å²) in [5.41, 5.74) is 2.45. The van der Waals surface area contributed by atoms with Crippen LogP contribution in [-0.2, 0) is 11.2 Å². The molecule has 2 aromatic carbocycles. The van der Waals surface area contributed by atoms with Crippen LogP contribution in [0.4, 0.5) is 5.69 Å². The van der Waals surface area contributed by atoms with Gasteiger partial charge in [0.15, 0.2) is 0 Å². The van der Waals surface area contributed by atoms with E-state index in [1.165, 1.54) is 11.3 Å². The quantitative estimate of drug-likeness (QED) is 0.720. The number of β-amino-alcohol motifs (C(OH)–C–C–N with tert-alkyl or cyclic N) is 1. The number of nitrogens with zero attached hydrogens (tertiary/aromatic N) is 2. The van der Waals surface area contributed by atoms with Gasteiger partial charge in [-0.3, -0.25) is 4.90 Å². The standard InChI is InChI=1S/C23H32N2O3/c1-19(15-20-7-4-3-5-8-20)28-18-22(26)17-24-11-13-25(14-12-24)21-9-6-10-23(16-21)27-2/h3-10,16,19,22,26H,11-15,17-18H2,1-2H3. The van der Waals surface area contributed by atoms with Crippen molar-refractivity contribution in [3.05, 3.63) is 60.2 Å². The van der Waals surface area contributed by atoms with Crippen LogP contribution in [0.25, 0.3) is 0 Å². The van der Waals surface area contributed by atoms with Gasteiger partial charge in [0.1, 0.15) is 5.75 Å². The van der Waals surface area contributed by atoms with Gasteiger partial charge in [0.25, 0.3) is 0 Å². The Morgan fingerprint density at radius 1 is 1.00 bits per heavy atom. The van der Waals surface area contributed by atoms with Gasteiger partial charge in [-0.2, -0.15) is 0 Å². The molecule has 1 fully saturated rings. The zero-order valence-corrected chi connectivity index (χ0v) is 17.0. The first-order valence-corrected chi connectivity index (χ1v) is 10.1. The van der Waals surface area contributed by atoms with Crippen LogP contribution >= 0.6 is 0 Å². The highest BCUT2D eigenvalue weighted by atomic mass is 16.5. The number of rotatable bonds is 9. The Balaban J connectivity index is 1.37. The molecular formula is C23H32N2O3. The van der Waals surface area contributed by atoms with Crippen molar-refractivity contribution in [1.82, 2.24) is 4.90 Å². The van der Waals surface area contributed by atoms with Crippen LogP contribution in [0.1, 0.15) is 12.5 Å². The molecule has 0 radical (unpaired) electrons. The first-order valence-electron chi connectivity index (χ1n) is 10.1. The van der Waals surface area contributed by atoms with Crippen LogP contribution in [-0.4, -0.2) is 68.7 Å². The minimum atomic E-state index is -0.457. The molecular weight excluding hydrogens is 352 g/mol. The monoisotopic (exact) mass is 384 g/mol. The first-order chi connectivity index (χ1) is 13.6. The van der Waals surface area contributed by atoms with Crippen LogP contribution in [0.3, 0.4) is 0 Å². The summed E-state index contributed by atoms with van der Waals surface area (Å²) in [7, 11) is 1.70. The maximum atomic E-state index is 10.4.